The molecular weight excluding hydrogens is 188 g/mol. The molecule has 0 aromatic heterocycles. The summed E-state index contributed by atoms with van der Waals surface area (Å²) in [7, 11) is 0. The number of nitrogens with one attached hydrogen (secondary N) is 1. The molecule has 0 aliphatic heterocycles. The van der Waals surface area contributed by atoms with Crippen LogP contribution in [0, 0.1) is 11.3 Å². The van der Waals surface area contributed by atoms with Crippen LogP contribution in [0.2, 0.25) is 0 Å². The van der Waals surface area contributed by atoms with Crippen LogP contribution in [0.3, 0.4) is 0 Å². The summed E-state index contributed by atoms with van der Waals surface area (Å²) >= 11 is 0. The topological polar surface area (TPSA) is 56.0 Å². The zero-order valence-corrected chi connectivity index (χ0v) is 8.74. The molecule has 3 heteroatoms. The number of unbranched alkanes of at least 4 members (excludes halogenated alkanes) is 2. The Kier molecular flexibility index (Phi) is 5.28. The van der Waals surface area contributed by atoms with Gasteiger partial charge in [-0.2, -0.15) is 5.26 Å². The second-order valence-electron chi connectivity index (χ2n) is 3.37. The van der Waals surface area contributed by atoms with E-state index in [1.165, 1.54) is 0 Å². The lowest BCUT2D eigenvalue weighted by molar-refractivity contribution is 0.283. The Morgan fingerprint density at radius 3 is 2.73 bits per heavy atom. The summed E-state index contributed by atoms with van der Waals surface area (Å²) in [6, 6.07) is 9.62. The first-order valence-corrected chi connectivity index (χ1v) is 5.22. The molecule has 3 nitrogen and oxygen atoms in total. The maximum Gasteiger partial charge on any atom is 0.101 e. The Balaban J connectivity index is 2.34. The van der Waals surface area contributed by atoms with Crippen molar-refractivity contribution in [3.05, 3.63) is 29.8 Å². The average Bonchev–Trinajstić information content (AvgIpc) is 2.29. The highest BCUT2D eigenvalue weighted by molar-refractivity contribution is 5.56. The molecule has 0 unspecified atom stereocenters. The van der Waals surface area contributed by atoms with Gasteiger partial charge in [-0.1, -0.05) is 12.1 Å². The number of anilines is 1. The predicted octanol–water partition coefficient (Wildman–Crippen LogP) is 2.13. The van der Waals surface area contributed by atoms with Gasteiger partial charge in [-0.3, -0.25) is 0 Å². The van der Waals surface area contributed by atoms with Crippen molar-refractivity contribution in [2.24, 2.45) is 0 Å². The van der Waals surface area contributed by atoms with Gasteiger partial charge in [0.15, 0.2) is 0 Å². The summed E-state index contributed by atoms with van der Waals surface area (Å²) in [5, 5.41) is 20.7. The minimum absolute atomic E-state index is 0.259. The summed E-state index contributed by atoms with van der Waals surface area (Å²) in [6.07, 6.45) is 2.88. The molecular formula is C12H16N2O. The van der Waals surface area contributed by atoms with E-state index in [-0.39, 0.29) is 6.61 Å². The van der Waals surface area contributed by atoms with Gasteiger partial charge in [0.2, 0.25) is 0 Å². The molecule has 0 aliphatic rings. The van der Waals surface area contributed by atoms with Crippen molar-refractivity contribution in [3.8, 4) is 6.07 Å². The van der Waals surface area contributed by atoms with Crippen LogP contribution in [0.4, 0.5) is 5.69 Å². The van der Waals surface area contributed by atoms with Gasteiger partial charge in [-0.15, -0.1) is 0 Å². The zero-order valence-electron chi connectivity index (χ0n) is 8.74. The third kappa shape index (κ3) is 4.01. The Hall–Kier alpha value is -1.53. The van der Waals surface area contributed by atoms with E-state index >= 15 is 0 Å². The number of hydrogen-bond donors (Lipinski definition) is 2. The van der Waals surface area contributed by atoms with Gasteiger partial charge in [0.25, 0.3) is 0 Å². The minimum Gasteiger partial charge on any atom is -0.396 e. The molecule has 1 aromatic rings. The molecule has 0 heterocycles. The second-order valence-corrected chi connectivity index (χ2v) is 3.37. The molecule has 0 atom stereocenters. The van der Waals surface area contributed by atoms with Crippen LogP contribution in [-0.4, -0.2) is 18.3 Å². The van der Waals surface area contributed by atoms with E-state index in [1.807, 2.05) is 18.2 Å². The fourth-order valence-electron chi connectivity index (χ4n) is 1.37. The van der Waals surface area contributed by atoms with Gasteiger partial charge in [0.1, 0.15) is 6.07 Å². The molecule has 0 saturated heterocycles. The van der Waals surface area contributed by atoms with Crippen molar-refractivity contribution in [2.45, 2.75) is 19.3 Å². The highest BCUT2D eigenvalue weighted by atomic mass is 16.2. The standard InChI is InChI=1S/C12H16N2O/c13-10-11-6-2-3-7-12(11)14-8-4-1-5-9-15/h2-3,6-7,14-15H,1,4-5,8-9H2. The summed E-state index contributed by atoms with van der Waals surface area (Å²) in [5.41, 5.74) is 1.57. The summed E-state index contributed by atoms with van der Waals surface area (Å²) in [6.45, 7) is 1.10. The number of para-hydroxylation sites is 1. The van der Waals surface area contributed by atoms with Crippen LogP contribution in [-0.2, 0) is 0 Å². The lowest BCUT2D eigenvalue weighted by Gasteiger charge is -2.07. The van der Waals surface area contributed by atoms with Crippen molar-refractivity contribution in [3.63, 3.8) is 0 Å². The van der Waals surface area contributed by atoms with Crippen LogP contribution in [0.15, 0.2) is 24.3 Å². The van der Waals surface area contributed by atoms with E-state index < -0.39 is 0 Å². The number of benzene rings is 1. The van der Waals surface area contributed by atoms with Crippen molar-refractivity contribution >= 4 is 5.69 Å². The number of rotatable bonds is 6. The van der Waals surface area contributed by atoms with Crippen molar-refractivity contribution in [1.82, 2.24) is 0 Å². The lowest BCUT2D eigenvalue weighted by Crippen LogP contribution is -2.03. The van der Waals surface area contributed by atoms with Gasteiger partial charge in [0, 0.05) is 13.2 Å². The van der Waals surface area contributed by atoms with E-state index in [0.29, 0.717) is 5.56 Å². The number of nitriles is 1. The molecule has 0 bridgehead atoms. The van der Waals surface area contributed by atoms with Crippen molar-refractivity contribution in [2.75, 3.05) is 18.5 Å². The van der Waals surface area contributed by atoms with Crippen LogP contribution < -0.4 is 5.32 Å². The fraction of sp³-hybridized carbons (Fsp3) is 0.417. The highest BCUT2D eigenvalue weighted by Gasteiger charge is 1.98. The third-order valence-corrected chi connectivity index (χ3v) is 2.20. The van der Waals surface area contributed by atoms with Crippen LogP contribution in [0.5, 0.6) is 0 Å². The van der Waals surface area contributed by atoms with Crippen LogP contribution in [0.1, 0.15) is 24.8 Å². The molecule has 0 fully saturated rings. The quantitative estimate of drug-likeness (QED) is 0.698. The van der Waals surface area contributed by atoms with Gasteiger partial charge in [-0.25, -0.2) is 0 Å². The molecule has 0 aliphatic carbocycles. The monoisotopic (exact) mass is 204 g/mol. The molecule has 1 aromatic carbocycles. The molecule has 0 radical (unpaired) electrons. The smallest absolute Gasteiger partial charge is 0.101 e. The van der Waals surface area contributed by atoms with E-state index in [4.69, 9.17) is 10.4 Å². The Morgan fingerprint density at radius 1 is 1.20 bits per heavy atom. The normalized spacial score (nSPS) is 9.60. The largest absolute Gasteiger partial charge is 0.396 e. The van der Waals surface area contributed by atoms with Gasteiger partial charge in [0.05, 0.1) is 11.3 Å². The molecule has 0 saturated carbocycles. The number of nitrogens with zero attached hydrogens (tertiary/aromatic N) is 1. The van der Waals surface area contributed by atoms with Gasteiger partial charge in [-0.05, 0) is 31.4 Å². The first-order chi connectivity index (χ1) is 7.38. The first kappa shape index (κ1) is 11.5. The lowest BCUT2D eigenvalue weighted by atomic mass is 10.2. The van der Waals surface area contributed by atoms with Gasteiger partial charge >= 0.3 is 0 Å². The van der Waals surface area contributed by atoms with Crippen LogP contribution in [0.25, 0.3) is 0 Å². The Morgan fingerprint density at radius 2 is 2.00 bits per heavy atom. The molecule has 1 rings (SSSR count). The van der Waals surface area contributed by atoms with Crippen LogP contribution >= 0.6 is 0 Å². The van der Waals surface area contributed by atoms with E-state index in [2.05, 4.69) is 11.4 Å². The van der Waals surface area contributed by atoms with Gasteiger partial charge < -0.3 is 10.4 Å². The van der Waals surface area contributed by atoms with E-state index in [0.717, 1.165) is 31.5 Å². The van der Waals surface area contributed by atoms with E-state index in [1.54, 1.807) is 6.07 Å². The summed E-state index contributed by atoms with van der Waals surface area (Å²) in [4.78, 5) is 0. The summed E-state index contributed by atoms with van der Waals surface area (Å²) < 4.78 is 0. The highest BCUT2D eigenvalue weighted by Crippen LogP contribution is 2.13. The molecule has 15 heavy (non-hydrogen) atoms. The third-order valence-electron chi connectivity index (χ3n) is 2.20. The predicted molar refractivity (Wildman–Crippen MR) is 60.6 cm³/mol. The van der Waals surface area contributed by atoms with E-state index in [9.17, 15) is 0 Å². The van der Waals surface area contributed by atoms with Crippen molar-refractivity contribution in [1.29, 1.82) is 5.26 Å². The number of aliphatic hydroxyl groups excluding tert-OH is 1. The summed E-state index contributed by atoms with van der Waals surface area (Å²) in [5.74, 6) is 0. The zero-order chi connectivity index (χ0) is 10.9. The molecule has 0 spiro atoms. The number of aliphatic hydroxyl groups is 1. The first-order valence-electron chi connectivity index (χ1n) is 5.22. The Labute approximate surface area is 90.4 Å². The molecule has 80 valence electrons. The minimum atomic E-state index is 0.259. The molecule has 2 N–H and O–H groups in total. The Bertz CT molecular complexity index is 331. The average molecular weight is 204 g/mol. The number of hydrogen-bond acceptors (Lipinski definition) is 3. The van der Waals surface area contributed by atoms with Crippen molar-refractivity contribution < 1.29 is 5.11 Å². The SMILES string of the molecule is N#Cc1ccccc1NCCCCCO. The maximum atomic E-state index is 8.84. The molecule has 0 amide bonds. The maximum absolute atomic E-state index is 8.84. The second kappa shape index (κ2) is 6.86. The fourth-order valence-corrected chi connectivity index (χ4v) is 1.37.